The van der Waals surface area contributed by atoms with Crippen LogP contribution in [0.4, 0.5) is 0 Å². The lowest BCUT2D eigenvalue weighted by Crippen LogP contribution is -2.04. The monoisotopic (exact) mass is 302 g/mol. The molecule has 1 unspecified atom stereocenters. The van der Waals surface area contributed by atoms with Gasteiger partial charge in [0.25, 0.3) is 0 Å². The number of benzene rings is 2. The van der Waals surface area contributed by atoms with Crippen molar-refractivity contribution in [3.05, 3.63) is 58.7 Å². The van der Waals surface area contributed by atoms with E-state index in [9.17, 15) is 5.11 Å². The Morgan fingerprint density at radius 3 is 2.43 bits per heavy atom. The molecule has 0 aliphatic heterocycles. The predicted molar refractivity (Wildman–Crippen MR) is 89.3 cm³/mol. The van der Waals surface area contributed by atoms with Crippen LogP contribution >= 0.6 is 11.8 Å². The van der Waals surface area contributed by atoms with Crippen molar-refractivity contribution in [2.24, 2.45) is 0 Å². The number of thioether (sulfide) groups is 1. The molecule has 1 atom stereocenters. The summed E-state index contributed by atoms with van der Waals surface area (Å²) in [7, 11) is 1.67. The van der Waals surface area contributed by atoms with E-state index in [1.54, 1.807) is 18.9 Å². The molecule has 2 aromatic carbocycles. The van der Waals surface area contributed by atoms with Gasteiger partial charge in [-0.2, -0.15) is 0 Å². The van der Waals surface area contributed by atoms with E-state index in [1.165, 1.54) is 10.5 Å². The molecule has 0 heterocycles. The van der Waals surface area contributed by atoms with Crippen molar-refractivity contribution in [2.45, 2.75) is 31.8 Å². The van der Waals surface area contributed by atoms with Gasteiger partial charge in [-0.1, -0.05) is 18.2 Å². The van der Waals surface area contributed by atoms with Crippen LogP contribution < -0.4 is 4.74 Å². The van der Waals surface area contributed by atoms with Crippen LogP contribution in [-0.4, -0.2) is 18.0 Å². The number of methoxy groups -OCH3 is 1. The van der Waals surface area contributed by atoms with Crippen molar-refractivity contribution in [3.63, 3.8) is 0 Å². The Labute approximate surface area is 131 Å². The maximum atomic E-state index is 10.5. The van der Waals surface area contributed by atoms with Gasteiger partial charge in [-0.25, -0.2) is 0 Å². The fourth-order valence-electron chi connectivity index (χ4n) is 2.37. The lowest BCUT2D eigenvalue weighted by atomic mass is 10.0. The van der Waals surface area contributed by atoms with Gasteiger partial charge in [0.2, 0.25) is 0 Å². The normalized spacial score (nSPS) is 12.2. The molecule has 0 aliphatic carbocycles. The molecule has 0 spiro atoms. The first-order chi connectivity index (χ1) is 10.0. The molecular weight excluding hydrogens is 280 g/mol. The molecule has 1 N–H and O–H groups in total. The highest BCUT2D eigenvalue weighted by Gasteiger charge is 2.14. The molecule has 0 amide bonds. The van der Waals surface area contributed by atoms with E-state index < -0.39 is 6.10 Å². The number of aliphatic hydroxyl groups excluding tert-OH is 1. The molecule has 21 heavy (non-hydrogen) atoms. The molecule has 2 aromatic rings. The lowest BCUT2D eigenvalue weighted by molar-refractivity contribution is 0.203. The highest BCUT2D eigenvalue weighted by Crippen LogP contribution is 2.31. The summed E-state index contributed by atoms with van der Waals surface area (Å²) < 4.78 is 5.32. The van der Waals surface area contributed by atoms with Crippen LogP contribution in [0, 0.1) is 20.8 Å². The highest BCUT2D eigenvalue weighted by atomic mass is 32.2. The molecule has 2 nitrogen and oxygen atoms in total. The number of aryl methyl sites for hydroxylation is 3. The van der Waals surface area contributed by atoms with Crippen molar-refractivity contribution in [1.29, 1.82) is 0 Å². The second-order valence-corrected chi connectivity index (χ2v) is 6.33. The van der Waals surface area contributed by atoms with Crippen LogP contribution in [0.2, 0.25) is 0 Å². The third-order valence-electron chi connectivity index (χ3n) is 3.63. The number of rotatable bonds is 5. The zero-order valence-electron chi connectivity index (χ0n) is 13.0. The van der Waals surface area contributed by atoms with Crippen LogP contribution in [0.15, 0.2) is 41.3 Å². The third kappa shape index (κ3) is 3.80. The van der Waals surface area contributed by atoms with Gasteiger partial charge in [-0.3, -0.25) is 0 Å². The SMILES string of the molecule is COc1cc(C)c(C(O)CSc2ccccc2C)cc1C. The zero-order valence-corrected chi connectivity index (χ0v) is 13.8. The molecule has 0 saturated heterocycles. The van der Waals surface area contributed by atoms with E-state index in [1.807, 2.05) is 38.1 Å². The largest absolute Gasteiger partial charge is 0.496 e. The first-order valence-electron chi connectivity index (χ1n) is 7.04. The van der Waals surface area contributed by atoms with Crippen molar-refractivity contribution < 1.29 is 9.84 Å². The maximum absolute atomic E-state index is 10.5. The summed E-state index contributed by atoms with van der Waals surface area (Å²) in [5.74, 6) is 1.52. The van der Waals surface area contributed by atoms with Crippen LogP contribution in [0.25, 0.3) is 0 Å². The molecule has 0 aliphatic rings. The Bertz CT molecular complexity index is 623. The summed E-state index contributed by atoms with van der Waals surface area (Å²) in [6.07, 6.45) is -0.473. The number of hydrogen-bond acceptors (Lipinski definition) is 3. The summed E-state index contributed by atoms with van der Waals surface area (Å²) in [5, 5.41) is 10.5. The second-order valence-electron chi connectivity index (χ2n) is 5.27. The van der Waals surface area contributed by atoms with E-state index in [2.05, 4.69) is 19.1 Å². The Kier molecular flexibility index (Phi) is 5.32. The minimum absolute atomic E-state index is 0.473. The lowest BCUT2D eigenvalue weighted by Gasteiger charge is -2.16. The Morgan fingerprint density at radius 2 is 1.76 bits per heavy atom. The first kappa shape index (κ1) is 15.9. The average Bonchev–Trinajstić information content (AvgIpc) is 2.48. The van der Waals surface area contributed by atoms with Gasteiger partial charge in [0, 0.05) is 10.6 Å². The fraction of sp³-hybridized carbons (Fsp3) is 0.333. The van der Waals surface area contributed by atoms with Gasteiger partial charge in [-0.15, -0.1) is 11.8 Å². The molecule has 0 bridgehead atoms. The van der Waals surface area contributed by atoms with Crippen molar-refractivity contribution in [3.8, 4) is 5.75 Å². The molecule has 0 fully saturated rings. The summed E-state index contributed by atoms with van der Waals surface area (Å²) in [6, 6.07) is 12.3. The van der Waals surface area contributed by atoms with Gasteiger partial charge in [0.15, 0.2) is 0 Å². The van der Waals surface area contributed by atoms with Gasteiger partial charge >= 0.3 is 0 Å². The highest BCUT2D eigenvalue weighted by molar-refractivity contribution is 7.99. The van der Waals surface area contributed by atoms with E-state index in [4.69, 9.17) is 4.74 Å². The van der Waals surface area contributed by atoms with Crippen LogP contribution in [-0.2, 0) is 0 Å². The van der Waals surface area contributed by atoms with Gasteiger partial charge in [0.1, 0.15) is 5.75 Å². The summed E-state index contributed by atoms with van der Waals surface area (Å²) in [6.45, 7) is 6.11. The van der Waals surface area contributed by atoms with Gasteiger partial charge < -0.3 is 9.84 Å². The second kappa shape index (κ2) is 7.01. The average molecular weight is 302 g/mol. The molecule has 0 radical (unpaired) electrons. The molecule has 3 heteroatoms. The molecule has 0 saturated carbocycles. The Hall–Kier alpha value is -1.45. The smallest absolute Gasteiger partial charge is 0.122 e. The predicted octanol–water partition coefficient (Wildman–Crippen LogP) is 4.45. The fourth-order valence-corrected chi connectivity index (χ4v) is 3.36. The summed E-state index contributed by atoms with van der Waals surface area (Å²) >= 11 is 1.69. The quantitative estimate of drug-likeness (QED) is 0.828. The Balaban J connectivity index is 2.12. The molecular formula is C18H22O2S. The minimum atomic E-state index is -0.473. The zero-order chi connectivity index (χ0) is 15.4. The summed E-state index contributed by atoms with van der Waals surface area (Å²) in [4.78, 5) is 1.22. The van der Waals surface area contributed by atoms with E-state index in [-0.39, 0.29) is 0 Å². The number of ether oxygens (including phenoxy) is 1. The van der Waals surface area contributed by atoms with Crippen molar-refractivity contribution in [1.82, 2.24) is 0 Å². The molecule has 112 valence electrons. The third-order valence-corrected chi connectivity index (χ3v) is 4.88. The first-order valence-corrected chi connectivity index (χ1v) is 8.03. The Morgan fingerprint density at radius 1 is 1.05 bits per heavy atom. The minimum Gasteiger partial charge on any atom is -0.496 e. The summed E-state index contributed by atoms with van der Waals surface area (Å²) in [5.41, 5.74) is 4.35. The van der Waals surface area contributed by atoms with Crippen molar-refractivity contribution >= 4 is 11.8 Å². The van der Waals surface area contributed by atoms with Crippen LogP contribution in [0.3, 0.4) is 0 Å². The molecule has 0 aromatic heterocycles. The number of aliphatic hydroxyl groups is 1. The maximum Gasteiger partial charge on any atom is 0.122 e. The van der Waals surface area contributed by atoms with E-state index in [0.29, 0.717) is 5.75 Å². The van der Waals surface area contributed by atoms with Crippen LogP contribution in [0.1, 0.15) is 28.4 Å². The van der Waals surface area contributed by atoms with E-state index in [0.717, 1.165) is 22.4 Å². The standard InChI is InChI=1S/C18H22O2S/c1-12-7-5-6-8-18(12)21-11-16(19)15-9-14(3)17(20-4)10-13(15)2/h5-10,16,19H,11H2,1-4H3. The number of hydrogen-bond donors (Lipinski definition) is 1. The topological polar surface area (TPSA) is 29.5 Å². The van der Waals surface area contributed by atoms with E-state index >= 15 is 0 Å². The van der Waals surface area contributed by atoms with Crippen LogP contribution in [0.5, 0.6) is 5.75 Å². The van der Waals surface area contributed by atoms with Gasteiger partial charge in [0.05, 0.1) is 13.2 Å². The van der Waals surface area contributed by atoms with Crippen molar-refractivity contribution in [2.75, 3.05) is 12.9 Å². The van der Waals surface area contributed by atoms with Gasteiger partial charge in [-0.05, 0) is 61.2 Å². The molecule has 2 rings (SSSR count).